The lowest BCUT2D eigenvalue weighted by Gasteiger charge is -2.35. The number of amides is 1. The number of rotatable bonds is 3. The van der Waals surface area contributed by atoms with E-state index in [1.54, 1.807) is 0 Å². The number of thiazole rings is 1. The molecule has 128 valence electrons. The maximum Gasteiger partial charge on any atom is 0.232 e. The summed E-state index contributed by atoms with van der Waals surface area (Å²) in [5, 5.41) is 3.67. The highest BCUT2D eigenvalue weighted by atomic mass is 32.1. The van der Waals surface area contributed by atoms with Gasteiger partial charge in [-0.05, 0) is 18.8 Å². The Kier molecular flexibility index (Phi) is 3.87. The van der Waals surface area contributed by atoms with Gasteiger partial charge >= 0.3 is 0 Å². The van der Waals surface area contributed by atoms with Crippen molar-refractivity contribution in [2.75, 3.05) is 12.1 Å². The first-order chi connectivity index (χ1) is 11.5. The lowest BCUT2D eigenvalue weighted by Crippen LogP contribution is -2.38. The molecule has 0 bridgehead atoms. The number of aromatic nitrogens is 1. The molecule has 1 saturated carbocycles. The molecule has 0 radical (unpaired) electrons. The molecule has 4 rings (SSSR count). The van der Waals surface area contributed by atoms with E-state index in [0.29, 0.717) is 16.8 Å². The van der Waals surface area contributed by atoms with E-state index in [2.05, 4.69) is 24.1 Å². The minimum Gasteiger partial charge on any atom is -0.454 e. The van der Waals surface area contributed by atoms with E-state index >= 15 is 0 Å². The van der Waals surface area contributed by atoms with Gasteiger partial charge in [0.2, 0.25) is 12.7 Å². The van der Waals surface area contributed by atoms with Crippen LogP contribution in [0.3, 0.4) is 0 Å². The first-order valence-corrected chi connectivity index (χ1v) is 9.37. The highest BCUT2D eigenvalue weighted by molar-refractivity contribution is 7.22. The molecule has 1 N–H and O–H groups in total. The Morgan fingerprint density at radius 2 is 1.92 bits per heavy atom. The van der Waals surface area contributed by atoms with Crippen molar-refractivity contribution in [3.63, 3.8) is 0 Å². The summed E-state index contributed by atoms with van der Waals surface area (Å²) in [5.74, 6) is 1.97. The van der Waals surface area contributed by atoms with Crippen LogP contribution < -0.4 is 14.8 Å². The number of fused-ring (bicyclic) bond motifs is 2. The van der Waals surface area contributed by atoms with Crippen LogP contribution in [0.5, 0.6) is 11.5 Å². The highest BCUT2D eigenvalue weighted by Gasteiger charge is 2.37. The summed E-state index contributed by atoms with van der Waals surface area (Å²) in [4.78, 5) is 17.4. The maximum absolute atomic E-state index is 12.8. The van der Waals surface area contributed by atoms with E-state index in [0.717, 1.165) is 28.8 Å². The van der Waals surface area contributed by atoms with Gasteiger partial charge in [0.1, 0.15) is 0 Å². The van der Waals surface area contributed by atoms with E-state index in [1.165, 1.54) is 30.6 Å². The first kappa shape index (κ1) is 15.7. The second-order valence-corrected chi connectivity index (χ2v) is 8.23. The number of carbonyl (C=O) groups excluding carboxylic acids is 1. The lowest BCUT2D eigenvalue weighted by atomic mass is 9.70. The molecule has 2 aromatic rings. The molecular weight excluding hydrogens is 324 g/mol. The zero-order valence-corrected chi connectivity index (χ0v) is 14.9. The average molecular weight is 346 g/mol. The number of ether oxygens (including phenoxy) is 2. The normalized spacial score (nSPS) is 18.1. The van der Waals surface area contributed by atoms with Gasteiger partial charge in [-0.2, -0.15) is 0 Å². The van der Waals surface area contributed by atoms with Crippen molar-refractivity contribution < 1.29 is 14.3 Å². The molecule has 1 fully saturated rings. The standard InChI is InChI=1S/C18H22N2O3S/c1-18(2,11-6-4-3-5-7-11)16(21)20-17-19-12-8-13-14(23-10-22-13)9-15(12)24-17/h8-9,11H,3-7,10H2,1-2H3,(H,19,20,21). The average Bonchev–Trinajstić information content (AvgIpc) is 3.18. The van der Waals surface area contributed by atoms with Crippen LogP contribution in [0.4, 0.5) is 5.13 Å². The van der Waals surface area contributed by atoms with E-state index in [9.17, 15) is 4.79 Å². The molecule has 1 aliphatic heterocycles. The molecule has 2 aliphatic rings. The SMILES string of the molecule is CC(C)(C(=O)Nc1nc2cc3c(cc2s1)OCO3)C1CCCCC1. The molecule has 1 amide bonds. The van der Waals surface area contributed by atoms with Crippen LogP contribution in [0, 0.1) is 11.3 Å². The fourth-order valence-electron chi connectivity index (χ4n) is 3.64. The van der Waals surface area contributed by atoms with Gasteiger partial charge < -0.3 is 14.8 Å². The molecule has 1 aromatic heterocycles. The van der Waals surface area contributed by atoms with Crippen molar-refractivity contribution in [2.24, 2.45) is 11.3 Å². The predicted molar refractivity (Wildman–Crippen MR) is 94.7 cm³/mol. The Morgan fingerprint density at radius 3 is 2.67 bits per heavy atom. The quantitative estimate of drug-likeness (QED) is 0.884. The van der Waals surface area contributed by atoms with Crippen LogP contribution in [-0.4, -0.2) is 17.7 Å². The summed E-state index contributed by atoms with van der Waals surface area (Å²) in [6.45, 7) is 4.37. The monoisotopic (exact) mass is 346 g/mol. The molecule has 1 aliphatic carbocycles. The molecule has 2 heterocycles. The summed E-state index contributed by atoms with van der Waals surface area (Å²) in [5.41, 5.74) is 0.460. The fourth-order valence-corrected chi connectivity index (χ4v) is 4.51. The molecule has 0 unspecified atom stereocenters. The molecule has 5 nitrogen and oxygen atoms in total. The van der Waals surface area contributed by atoms with Gasteiger partial charge in [-0.15, -0.1) is 0 Å². The molecule has 0 saturated heterocycles. The number of carbonyl (C=O) groups is 1. The Bertz CT molecular complexity index is 737. The summed E-state index contributed by atoms with van der Waals surface area (Å²) in [7, 11) is 0. The van der Waals surface area contributed by atoms with Gasteiger partial charge in [0.15, 0.2) is 16.6 Å². The third kappa shape index (κ3) is 2.73. The van der Waals surface area contributed by atoms with Crippen molar-refractivity contribution in [3.8, 4) is 11.5 Å². The van der Waals surface area contributed by atoms with Crippen LogP contribution in [-0.2, 0) is 4.79 Å². The van der Waals surface area contributed by atoms with E-state index in [4.69, 9.17) is 9.47 Å². The smallest absolute Gasteiger partial charge is 0.232 e. The van der Waals surface area contributed by atoms with Crippen molar-refractivity contribution in [3.05, 3.63) is 12.1 Å². The zero-order valence-electron chi connectivity index (χ0n) is 14.1. The highest BCUT2D eigenvalue weighted by Crippen LogP contribution is 2.41. The van der Waals surface area contributed by atoms with Crippen LogP contribution in [0.15, 0.2) is 12.1 Å². The van der Waals surface area contributed by atoms with Gasteiger partial charge in [-0.1, -0.05) is 44.4 Å². The number of nitrogens with zero attached hydrogens (tertiary/aromatic N) is 1. The summed E-state index contributed by atoms with van der Waals surface area (Å²) >= 11 is 1.48. The number of hydrogen-bond donors (Lipinski definition) is 1. The third-order valence-electron chi connectivity index (χ3n) is 5.31. The largest absolute Gasteiger partial charge is 0.454 e. The fraction of sp³-hybridized carbons (Fsp3) is 0.556. The number of benzene rings is 1. The number of anilines is 1. The van der Waals surface area contributed by atoms with E-state index in [-0.39, 0.29) is 18.1 Å². The minimum atomic E-state index is -0.369. The summed E-state index contributed by atoms with van der Waals surface area (Å²) in [6, 6.07) is 3.80. The molecule has 6 heteroatoms. The van der Waals surface area contributed by atoms with Crippen molar-refractivity contribution >= 4 is 32.6 Å². The Hall–Kier alpha value is -1.82. The zero-order chi connectivity index (χ0) is 16.7. The topological polar surface area (TPSA) is 60.5 Å². The van der Waals surface area contributed by atoms with Gasteiger partial charge in [0, 0.05) is 17.5 Å². The van der Waals surface area contributed by atoms with E-state index in [1.807, 2.05) is 12.1 Å². The Balaban J connectivity index is 1.54. The lowest BCUT2D eigenvalue weighted by molar-refractivity contribution is -0.127. The van der Waals surface area contributed by atoms with Gasteiger partial charge in [0.25, 0.3) is 0 Å². The molecule has 1 aromatic carbocycles. The Labute approximate surface area is 145 Å². The molecular formula is C18H22N2O3S. The Morgan fingerprint density at radius 1 is 1.21 bits per heavy atom. The number of hydrogen-bond acceptors (Lipinski definition) is 5. The molecule has 0 spiro atoms. The molecule has 24 heavy (non-hydrogen) atoms. The summed E-state index contributed by atoms with van der Waals surface area (Å²) < 4.78 is 11.8. The second kappa shape index (κ2) is 5.92. The van der Waals surface area contributed by atoms with Gasteiger partial charge in [-0.3, -0.25) is 4.79 Å². The van der Waals surface area contributed by atoms with Crippen LogP contribution >= 0.6 is 11.3 Å². The third-order valence-corrected chi connectivity index (χ3v) is 6.25. The number of nitrogens with one attached hydrogen (secondary N) is 1. The second-order valence-electron chi connectivity index (χ2n) is 7.20. The first-order valence-electron chi connectivity index (χ1n) is 8.56. The maximum atomic E-state index is 12.8. The van der Waals surface area contributed by atoms with Crippen LogP contribution in [0.25, 0.3) is 10.2 Å². The van der Waals surface area contributed by atoms with E-state index < -0.39 is 0 Å². The summed E-state index contributed by atoms with van der Waals surface area (Å²) in [6.07, 6.45) is 6.03. The minimum absolute atomic E-state index is 0.0634. The van der Waals surface area contributed by atoms with Crippen molar-refractivity contribution in [1.82, 2.24) is 4.98 Å². The predicted octanol–water partition coefficient (Wildman–Crippen LogP) is 4.57. The van der Waals surface area contributed by atoms with Crippen LogP contribution in [0.2, 0.25) is 0 Å². The molecule has 0 atom stereocenters. The van der Waals surface area contributed by atoms with Crippen LogP contribution in [0.1, 0.15) is 46.0 Å². The van der Waals surface area contributed by atoms with Crippen molar-refractivity contribution in [1.29, 1.82) is 0 Å². The van der Waals surface area contributed by atoms with Gasteiger partial charge in [0.05, 0.1) is 10.2 Å². The van der Waals surface area contributed by atoms with Gasteiger partial charge in [-0.25, -0.2) is 4.98 Å². The van der Waals surface area contributed by atoms with Crippen molar-refractivity contribution in [2.45, 2.75) is 46.0 Å².